The predicted octanol–water partition coefficient (Wildman–Crippen LogP) is 7.67. The summed E-state index contributed by atoms with van der Waals surface area (Å²) in [5.41, 5.74) is 7.94. The van der Waals surface area contributed by atoms with Crippen molar-refractivity contribution in [3.05, 3.63) is 120 Å². The molecule has 0 unspecified atom stereocenters. The van der Waals surface area contributed by atoms with Gasteiger partial charge in [0.05, 0.1) is 40.3 Å². The molecule has 0 atom stereocenters. The highest BCUT2D eigenvalue weighted by atomic mass is 15.3. The molecule has 36 heavy (non-hydrogen) atoms. The lowest BCUT2D eigenvalue weighted by Crippen LogP contribution is -1.96. The summed E-state index contributed by atoms with van der Waals surface area (Å²) in [4.78, 5) is 3.65. The van der Waals surface area contributed by atoms with Crippen LogP contribution in [0.2, 0.25) is 0 Å². The smallest absolute Gasteiger partial charge is 0.188 e. The van der Waals surface area contributed by atoms with E-state index in [2.05, 4.69) is 51.9 Å². The second-order valence-electron chi connectivity index (χ2n) is 8.74. The van der Waals surface area contributed by atoms with Gasteiger partial charge in [-0.2, -0.15) is 10.4 Å². The van der Waals surface area contributed by atoms with Gasteiger partial charge < -0.3 is 4.57 Å². The Bertz CT molecular complexity index is 1990. The summed E-state index contributed by atoms with van der Waals surface area (Å²) in [6.07, 6.45) is 0. The maximum atomic E-state index is 9.58. The van der Waals surface area contributed by atoms with E-state index in [1.165, 1.54) is 0 Å². The minimum absolute atomic E-state index is 0.568. The fourth-order valence-electron chi connectivity index (χ4n) is 5.15. The molecular formula is C31H17N5. The monoisotopic (exact) mass is 459 g/mol. The highest BCUT2D eigenvalue weighted by Gasteiger charge is 2.22. The van der Waals surface area contributed by atoms with Crippen molar-refractivity contribution >= 4 is 43.9 Å². The van der Waals surface area contributed by atoms with Crippen molar-refractivity contribution in [2.75, 3.05) is 0 Å². The molecule has 5 heteroatoms. The van der Waals surface area contributed by atoms with Gasteiger partial charge in [0.1, 0.15) is 11.4 Å². The Balaban J connectivity index is 1.70. The van der Waals surface area contributed by atoms with Crippen LogP contribution in [0.5, 0.6) is 0 Å². The Morgan fingerprint density at radius 2 is 1.44 bits per heavy atom. The lowest BCUT2D eigenvalue weighted by atomic mass is 10.1. The van der Waals surface area contributed by atoms with Gasteiger partial charge in [-0.15, -0.1) is 0 Å². The van der Waals surface area contributed by atoms with E-state index in [0.29, 0.717) is 11.3 Å². The quantitative estimate of drug-likeness (QED) is 0.249. The van der Waals surface area contributed by atoms with E-state index < -0.39 is 0 Å². The zero-order valence-corrected chi connectivity index (χ0v) is 19.1. The Morgan fingerprint density at radius 1 is 0.722 bits per heavy atom. The summed E-state index contributed by atoms with van der Waals surface area (Å²) in [6, 6.07) is 36.4. The minimum Gasteiger partial charge on any atom is -0.305 e. The molecule has 0 bridgehead atoms. The molecule has 0 spiro atoms. The largest absolute Gasteiger partial charge is 0.305 e. The van der Waals surface area contributed by atoms with Crippen LogP contribution in [0.1, 0.15) is 5.56 Å². The Labute approximate surface area is 206 Å². The zero-order chi connectivity index (χ0) is 24.2. The first-order chi connectivity index (χ1) is 17.8. The molecule has 7 rings (SSSR count). The molecule has 0 aliphatic carbocycles. The lowest BCUT2D eigenvalue weighted by molar-refractivity contribution is 1.01. The van der Waals surface area contributed by atoms with Crippen LogP contribution in [0.15, 0.2) is 103 Å². The number of nitrogens with zero attached hydrogens (tertiary/aromatic N) is 5. The molecule has 0 N–H and O–H groups in total. The van der Waals surface area contributed by atoms with E-state index in [0.717, 1.165) is 55.2 Å². The second-order valence-corrected chi connectivity index (χ2v) is 8.74. The maximum Gasteiger partial charge on any atom is 0.188 e. The molecule has 0 aliphatic heterocycles. The van der Waals surface area contributed by atoms with Crippen LogP contribution in [-0.4, -0.2) is 14.2 Å². The van der Waals surface area contributed by atoms with Gasteiger partial charge in [0.15, 0.2) is 5.69 Å². The van der Waals surface area contributed by atoms with Crippen molar-refractivity contribution in [2.24, 2.45) is 0 Å². The standard InChI is InChI=1S/C31H17N5/c1-33-23-13-16-28-25(18-23)24-17-20(19-32)11-14-27(24)35(28)31-29-15-12-21-7-5-6-10-26(21)36(29)34-30(31)22-8-3-2-4-9-22/h2-18H. The normalized spacial score (nSPS) is 11.3. The van der Waals surface area contributed by atoms with Gasteiger partial charge in [0, 0.05) is 16.3 Å². The van der Waals surface area contributed by atoms with Gasteiger partial charge in [-0.25, -0.2) is 9.36 Å². The summed E-state index contributed by atoms with van der Waals surface area (Å²) in [6.45, 7) is 7.54. The van der Waals surface area contributed by atoms with Crippen LogP contribution in [0.3, 0.4) is 0 Å². The van der Waals surface area contributed by atoms with Crippen LogP contribution >= 0.6 is 0 Å². The van der Waals surface area contributed by atoms with Gasteiger partial charge in [0.25, 0.3) is 0 Å². The topological polar surface area (TPSA) is 50.4 Å². The van der Waals surface area contributed by atoms with Crippen molar-refractivity contribution in [1.29, 1.82) is 5.26 Å². The summed E-state index contributed by atoms with van der Waals surface area (Å²) in [5, 5.41) is 17.7. The number of benzene rings is 4. The maximum absolute atomic E-state index is 9.58. The number of para-hydroxylation sites is 1. The van der Waals surface area contributed by atoms with Gasteiger partial charge in [-0.3, -0.25) is 0 Å². The molecule has 7 aromatic rings. The van der Waals surface area contributed by atoms with E-state index in [4.69, 9.17) is 11.7 Å². The third kappa shape index (κ3) is 2.78. The van der Waals surface area contributed by atoms with Crippen LogP contribution in [0, 0.1) is 17.9 Å². The van der Waals surface area contributed by atoms with Crippen molar-refractivity contribution in [3.63, 3.8) is 0 Å². The van der Waals surface area contributed by atoms with Gasteiger partial charge in [0.2, 0.25) is 0 Å². The van der Waals surface area contributed by atoms with E-state index in [-0.39, 0.29) is 0 Å². The van der Waals surface area contributed by atoms with Crippen LogP contribution in [0.4, 0.5) is 5.69 Å². The van der Waals surface area contributed by atoms with Crippen LogP contribution in [-0.2, 0) is 0 Å². The van der Waals surface area contributed by atoms with Gasteiger partial charge in [-0.05, 0) is 47.9 Å². The number of pyridine rings is 1. The molecule has 0 saturated carbocycles. The predicted molar refractivity (Wildman–Crippen MR) is 143 cm³/mol. The summed E-state index contributed by atoms with van der Waals surface area (Å²) < 4.78 is 4.24. The van der Waals surface area contributed by atoms with E-state index in [9.17, 15) is 5.26 Å². The number of fused-ring (bicyclic) bond motifs is 6. The minimum atomic E-state index is 0.568. The van der Waals surface area contributed by atoms with E-state index in [1.54, 1.807) is 0 Å². The fourth-order valence-corrected chi connectivity index (χ4v) is 5.15. The average Bonchev–Trinajstić information content (AvgIpc) is 3.48. The third-order valence-corrected chi connectivity index (χ3v) is 6.76. The molecule has 3 heterocycles. The molecule has 4 aromatic carbocycles. The zero-order valence-electron chi connectivity index (χ0n) is 19.1. The Kier molecular flexibility index (Phi) is 4.21. The third-order valence-electron chi connectivity index (χ3n) is 6.76. The molecule has 0 radical (unpaired) electrons. The number of hydrogen-bond donors (Lipinski definition) is 0. The fraction of sp³-hybridized carbons (Fsp3) is 0. The molecule has 0 amide bonds. The van der Waals surface area contributed by atoms with E-state index in [1.807, 2.05) is 71.2 Å². The van der Waals surface area contributed by atoms with Crippen LogP contribution < -0.4 is 0 Å². The highest BCUT2D eigenvalue weighted by Crippen LogP contribution is 2.40. The van der Waals surface area contributed by atoms with E-state index >= 15 is 0 Å². The summed E-state index contributed by atoms with van der Waals surface area (Å²) >= 11 is 0. The molecule has 166 valence electrons. The molecule has 0 aliphatic rings. The number of rotatable bonds is 2. The Morgan fingerprint density at radius 3 is 2.25 bits per heavy atom. The van der Waals surface area contributed by atoms with Crippen LogP contribution in [0.25, 0.3) is 60.0 Å². The highest BCUT2D eigenvalue weighted by molar-refractivity contribution is 6.12. The first-order valence-electron chi connectivity index (χ1n) is 11.6. The molecule has 0 fully saturated rings. The van der Waals surface area contributed by atoms with Crippen molar-refractivity contribution < 1.29 is 0 Å². The SMILES string of the molecule is [C-]#[N+]c1ccc2c(c1)c1cc(C#N)ccc1n2-c1c(-c2ccccc2)nn2c1ccc1ccccc12. The van der Waals surface area contributed by atoms with Crippen molar-refractivity contribution in [2.45, 2.75) is 0 Å². The second kappa shape index (κ2) is 7.56. The molecule has 5 nitrogen and oxygen atoms in total. The Hall–Kier alpha value is -5.39. The first-order valence-corrected chi connectivity index (χ1v) is 11.6. The lowest BCUT2D eigenvalue weighted by Gasteiger charge is -2.10. The number of hydrogen-bond acceptors (Lipinski definition) is 2. The molecular weight excluding hydrogens is 442 g/mol. The summed E-state index contributed by atoms with van der Waals surface area (Å²) in [7, 11) is 0. The first kappa shape index (κ1) is 20.0. The summed E-state index contributed by atoms with van der Waals surface area (Å²) in [5.74, 6) is 0. The van der Waals surface area contributed by atoms with Crippen molar-refractivity contribution in [3.8, 4) is 23.0 Å². The van der Waals surface area contributed by atoms with Gasteiger partial charge >= 0.3 is 0 Å². The average molecular weight is 460 g/mol. The number of nitriles is 1. The van der Waals surface area contributed by atoms with Crippen molar-refractivity contribution in [1.82, 2.24) is 14.2 Å². The number of aromatic nitrogens is 3. The molecule has 3 aromatic heterocycles. The van der Waals surface area contributed by atoms with Gasteiger partial charge in [-0.1, -0.05) is 60.7 Å². The molecule has 0 saturated heterocycles.